The van der Waals surface area contributed by atoms with Crippen LogP contribution in [0.1, 0.15) is 39.5 Å². The summed E-state index contributed by atoms with van der Waals surface area (Å²) >= 11 is 0. The summed E-state index contributed by atoms with van der Waals surface area (Å²) in [5.41, 5.74) is 0.0913. The van der Waals surface area contributed by atoms with Crippen molar-refractivity contribution in [1.82, 2.24) is 4.90 Å². The molecule has 2 saturated heterocycles. The SMILES string of the molecule is CN(C)CC1(C=NCC2CCCO2)CCOC(C)(C)C1. The van der Waals surface area contributed by atoms with Crippen molar-refractivity contribution in [3.05, 3.63) is 0 Å². The molecule has 20 heavy (non-hydrogen) atoms. The van der Waals surface area contributed by atoms with E-state index in [0.29, 0.717) is 6.10 Å². The molecule has 2 rings (SSSR count). The lowest BCUT2D eigenvalue weighted by Gasteiger charge is -2.44. The number of ether oxygens (including phenoxy) is 2. The van der Waals surface area contributed by atoms with Crippen LogP contribution in [0.4, 0.5) is 0 Å². The van der Waals surface area contributed by atoms with E-state index in [1.807, 2.05) is 0 Å². The first kappa shape index (κ1) is 15.9. The number of hydrogen-bond donors (Lipinski definition) is 0. The van der Waals surface area contributed by atoms with E-state index in [-0.39, 0.29) is 11.0 Å². The Kier molecular flexibility index (Phi) is 5.21. The second kappa shape index (κ2) is 6.54. The zero-order valence-electron chi connectivity index (χ0n) is 13.5. The lowest BCUT2D eigenvalue weighted by atomic mass is 9.74. The molecule has 2 aliphatic rings. The average molecular weight is 282 g/mol. The maximum atomic E-state index is 5.88. The lowest BCUT2D eigenvalue weighted by Crippen LogP contribution is -2.47. The zero-order chi connectivity index (χ0) is 14.6. The molecule has 2 atom stereocenters. The summed E-state index contributed by atoms with van der Waals surface area (Å²) in [6.07, 6.45) is 6.99. The minimum atomic E-state index is -0.0514. The highest BCUT2D eigenvalue weighted by atomic mass is 16.5. The van der Waals surface area contributed by atoms with E-state index in [1.54, 1.807) is 0 Å². The zero-order valence-corrected chi connectivity index (χ0v) is 13.5. The van der Waals surface area contributed by atoms with Gasteiger partial charge < -0.3 is 14.4 Å². The van der Waals surface area contributed by atoms with Gasteiger partial charge in [-0.3, -0.25) is 4.99 Å². The van der Waals surface area contributed by atoms with Crippen LogP contribution in [0.15, 0.2) is 4.99 Å². The molecule has 0 aromatic rings. The molecule has 0 spiro atoms. The Hall–Kier alpha value is -0.450. The first-order valence-electron chi connectivity index (χ1n) is 7.82. The average Bonchev–Trinajstić information content (AvgIpc) is 2.79. The Morgan fingerprint density at radius 2 is 2.10 bits per heavy atom. The monoisotopic (exact) mass is 282 g/mol. The number of aliphatic imine (C=N–C) groups is 1. The van der Waals surface area contributed by atoms with Crippen LogP contribution >= 0.6 is 0 Å². The van der Waals surface area contributed by atoms with Gasteiger partial charge in [0.15, 0.2) is 0 Å². The fraction of sp³-hybridized carbons (Fsp3) is 0.938. The summed E-state index contributed by atoms with van der Waals surface area (Å²) in [5, 5.41) is 0. The molecule has 0 aliphatic carbocycles. The van der Waals surface area contributed by atoms with Crippen molar-refractivity contribution in [3.63, 3.8) is 0 Å². The fourth-order valence-electron chi connectivity index (χ4n) is 3.59. The van der Waals surface area contributed by atoms with Crippen LogP contribution < -0.4 is 0 Å². The van der Waals surface area contributed by atoms with E-state index in [1.165, 1.54) is 6.42 Å². The van der Waals surface area contributed by atoms with Crippen LogP contribution in [0.3, 0.4) is 0 Å². The Morgan fingerprint density at radius 1 is 1.30 bits per heavy atom. The lowest BCUT2D eigenvalue weighted by molar-refractivity contribution is -0.0887. The quantitative estimate of drug-likeness (QED) is 0.726. The van der Waals surface area contributed by atoms with Gasteiger partial charge in [-0.25, -0.2) is 0 Å². The minimum Gasteiger partial charge on any atom is -0.376 e. The number of nitrogens with zero attached hydrogens (tertiary/aromatic N) is 2. The van der Waals surface area contributed by atoms with E-state index in [9.17, 15) is 0 Å². The van der Waals surface area contributed by atoms with Gasteiger partial charge in [0.1, 0.15) is 0 Å². The van der Waals surface area contributed by atoms with Crippen LogP contribution in [0, 0.1) is 5.41 Å². The molecule has 0 radical (unpaired) electrons. The van der Waals surface area contributed by atoms with Crippen LogP contribution in [0.5, 0.6) is 0 Å². The van der Waals surface area contributed by atoms with Gasteiger partial charge in [0, 0.05) is 31.4 Å². The predicted octanol–water partition coefficient (Wildman–Crippen LogP) is 2.37. The van der Waals surface area contributed by atoms with Crippen molar-refractivity contribution in [2.75, 3.05) is 40.4 Å². The standard InChI is InChI=1S/C16H30N2O2/c1-15(2)11-16(7-9-20-15,13-18(3)4)12-17-10-14-6-5-8-19-14/h12,14H,5-11,13H2,1-4H3. The Bertz CT molecular complexity index is 335. The van der Waals surface area contributed by atoms with E-state index in [0.717, 1.165) is 45.6 Å². The summed E-state index contributed by atoms with van der Waals surface area (Å²) in [5.74, 6) is 0. The van der Waals surface area contributed by atoms with Gasteiger partial charge in [-0.1, -0.05) is 0 Å². The Labute approximate surface area is 123 Å². The van der Waals surface area contributed by atoms with Gasteiger partial charge in [0.25, 0.3) is 0 Å². The van der Waals surface area contributed by atoms with Crippen molar-refractivity contribution >= 4 is 6.21 Å². The highest BCUT2D eigenvalue weighted by molar-refractivity contribution is 5.66. The second-order valence-corrected chi connectivity index (χ2v) is 7.26. The third-order valence-electron chi connectivity index (χ3n) is 4.20. The fourth-order valence-corrected chi connectivity index (χ4v) is 3.59. The molecule has 0 amide bonds. The Balaban J connectivity index is 2.00. The summed E-state index contributed by atoms with van der Waals surface area (Å²) in [6.45, 7) is 7.96. The molecule has 4 heteroatoms. The molecule has 0 aromatic carbocycles. The maximum Gasteiger partial charge on any atom is 0.0770 e. The number of hydrogen-bond acceptors (Lipinski definition) is 4. The molecule has 0 bridgehead atoms. The van der Waals surface area contributed by atoms with Gasteiger partial charge in [0.05, 0.1) is 18.2 Å². The van der Waals surface area contributed by atoms with Gasteiger partial charge in [0.2, 0.25) is 0 Å². The van der Waals surface area contributed by atoms with Gasteiger partial charge in [-0.15, -0.1) is 0 Å². The van der Waals surface area contributed by atoms with E-state index in [4.69, 9.17) is 14.5 Å². The molecule has 116 valence electrons. The van der Waals surface area contributed by atoms with E-state index < -0.39 is 0 Å². The van der Waals surface area contributed by atoms with Crippen molar-refractivity contribution in [2.24, 2.45) is 10.4 Å². The van der Waals surface area contributed by atoms with E-state index >= 15 is 0 Å². The van der Waals surface area contributed by atoms with Crippen LogP contribution in [0.25, 0.3) is 0 Å². The van der Waals surface area contributed by atoms with Gasteiger partial charge in [-0.05, 0) is 53.6 Å². The topological polar surface area (TPSA) is 34.1 Å². The molecule has 2 fully saturated rings. The molecule has 2 heterocycles. The Morgan fingerprint density at radius 3 is 2.70 bits per heavy atom. The summed E-state index contributed by atoms with van der Waals surface area (Å²) < 4.78 is 11.5. The summed E-state index contributed by atoms with van der Waals surface area (Å²) in [7, 11) is 4.27. The first-order chi connectivity index (χ1) is 9.41. The third kappa shape index (κ3) is 4.54. The van der Waals surface area contributed by atoms with Gasteiger partial charge >= 0.3 is 0 Å². The molecule has 0 N–H and O–H groups in total. The highest BCUT2D eigenvalue weighted by Crippen LogP contribution is 2.38. The summed E-state index contributed by atoms with van der Waals surface area (Å²) in [4.78, 5) is 7.00. The van der Waals surface area contributed by atoms with E-state index in [2.05, 4.69) is 39.1 Å². The van der Waals surface area contributed by atoms with Gasteiger partial charge in [-0.2, -0.15) is 0 Å². The highest BCUT2D eigenvalue weighted by Gasteiger charge is 2.40. The smallest absolute Gasteiger partial charge is 0.0770 e. The molecule has 0 saturated carbocycles. The largest absolute Gasteiger partial charge is 0.376 e. The third-order valence-corrected chi connectivity index (χ3v) is 4.20. The van der Waals surface area contributed by atoms with Crippen molar-refractivity contribution in [3.8, 4) is 0 Å². The molecule has 4 nitrogen and oxygen atoms in total. The van der Waals surface area contributed by atoms with Crippen molar-refractivity contribution < 1.29 is 9.47 Å². The summed E-state index contributed by atoms with van der Waals surface area (Å²) in [6, 6.07) is 0. The second-order valence-electron chi connectivity index (χ2n) is 7.26. The van der Waals surface area contributed by atoms with Crippen LogP contribution in [0.2, 0.25) is 0 Å². The normalized spacial score (nSPS) is 34.1. The molecule has 2 aliphatic heterocycles. The number of rotatable bonds is 5. The van der Waals surface area contributed by atoms with Crippen molar-refractivity contribution in [1.29, 1.82) is 0 Å². The van der Waals surface area contributed by atoms with Crippen LogP contribution in [-0.2, 0) is 9.47 Å². The first-order valence-corrected chi connectivity index (χ1v) is 7.82. The molecular weight excluding hydrogens is 252 g/mol. The molecule has 2 unspecified atom stereocenters. The minimum absolute atomic E-state index is 0.0514. The van der Waals surface area contributed by atoms with Crippen molar-refractivity contribution in [2.45, 2.75) is 51.2 Å². The maximum absolute atomic E-state index is 5.88. The van der Waals surface area contributed by atoms with Crippen LogP contribution in [-0.4, -0.2) is 63.2 Å². The predicted molar refractivity (Wildman–Crippen MR) is 82.6 cm³/mol. The molecular formula is C16H30N2O2. The molecule has 0 aromatic heterocycles.